The fourth-order valence-corrected chi connectivity index (χ4v) is 3.14. The second-order valence-corrected chi connectivity index (χ2v) is 5.32. The Morgan fingerprint density at radius 2 is 2.31 bits per heavy atom. The van der Waals surface area contributed by atoms with E-state index >= 15 is 0 Å². The molecule has 0 amide bonds. The predicted molar refractivity (Wildman–Crippen MR) is 44.7 cm³/mol. The first-order valence-corrected chi connectivity index (χ1v) is 5.68. The Balaban J connectivity index is 2.21. The summed E-state index contributed by atoms with van der Waals surface area (Å²) < 4.78 is 27.0. The van der Waals surface area contributed by atoms with Crippen molar-refractivity contribution in [3.05, 3.63) is 5.89 Å². The molecule has 7 heteroatoms. The molecule has 1 aromatic rings. The lowest BCUT2D eigenvalue weighted by atomic mass is 10.1. The highest BCUT2D eigenvalue weighted by Crippen LogP contribution is 2.27. The van der Waals surface area contributed by atoms with Crippen LogP contribution in [0.5, 0.6) is 0 Å². The van der Waals surface area contributed by atoms with Crippen molar-refractivity contribution in [1.82, 2.24) is 10.1 Å². The molecule has 0 spiro atoms. The van der Waals surface area contributed by atoms with E-state index in [2.05, 4.69) is 10.1 Å². The van der Waals surface area contributed by atoms with Gasteiger partial charge in [0, 0.05) is 0 Å². The van der Waals surface area contributed by atoms with Gasteiger partial charge in [-0.3, -0.25) is 0 Å². The van der Waals surface area contributed by atoms with E-state index in [0.29, 0.717) is 12.3 Å². The van der Waals surface area contributed by atoms with Gasteiger partial charge < -0.3 is 10.3 Å². The minimum absolute atomic E-state index is 0.0549. The van der Waals surface area contributed by atoms with Crippen molar-refractivity contribution in [1.29, 1.82) is 0 Å². The minimum atomic E-state index is -2.90. The highest BCUT2D eigenvalue weighted by molar-refractivity contribution is 7.91. The summed E-state index contributed by atoms with van der Waals surface area (Å²) >= 11 is 0. The van der Waals surface area contributed by atoms with Gasteiger partial charge in [0.05, 0.1) is 17.4 Å². The van der Waals surface area contributed by atoms with Crippen LogP contribution in [0.1, 0.15) is 18.2 Å². The molecule has 1 atom stereocenters. The largest absolute Gasteiger partial charge is 0.365 e. The molecule has 1 fully saturated rings. The van der Waals surface area contributed by atoms with Gasteiger partial charge >= 0.3 is 0 Å². The second kappa shape index (κ2) is 2.69. The van der Waals surface area contributed by atoms with Gasteiger partial charge in [-0.25, -0.2) is 8.42 Å². The maximum Gasteiger partial charge on any atom is 0.260 e. The smallest absolute Gasteiger partial charge is 0.260 e. The van der Waals surface area contributed by atoms with E-state index < -0.39 is 9.84 Å². The average Bonchev–Trinajstić information content (AvgIpc) is 2.56. The van der Waals surface area contributed by atoms with Crippen LogP contribution < -0.4 is 5.73 Å². The van der Waals surface area contributed by atoms with Crippen LogP contribution in [0.2, 0.25) is 0 Å². The molecule has 2 rings (SSSR count). The lowest BCUT2D eigenvalue weighted by Gasteiger charge is -1.97. The third-order valence-corrected chi connectivity index (χ3v) is 3.81. The van der Waals surface area contributed by atoms with Crippen LogP contribution >= 0.6 is 0 Å². The molecular formula is C6H9N3O3S. The lowest BCUT2D eigenvalue weighted by molar-refractivity contribution is 0.361. The van der Waals surface area contributed by atoms with Crippen molar-refractivity contribution in [2.75, 3.05) is 17.2 Å². The number of rotatable bonds is 1. The van der Waals surface area contributed by atoms with Gasteiger partial charge in [0.1, 0.15) is 0 Å². The molecule has 1 unspecified atom stereocenters. The summed E-state index contributed by atoms with van der Waals surface area (Å²) in [5, 5.41) is 3.41. The summed E-state index contributed by atoms with van der Waals surface area (Å²) in [6.07, 6.45) is 0.546. The van der Waals surface area contributed by atoms with Crippen molar-refractivity contribution >= 4 is 15.8 Å². The summed E-state index contributed by atoms with van der Waals surface area (Å²) in [6.45, 7) is 0. The van der Waals surface area contributed by atoms with E-state index in [0.717, 1.165) is 0 Å². The number of hydrogen-bond donors (Lipinski definition) is 1. The van der Waals surface area contributed by atoms with Crippen molar-refractivity contribution in [2.45, 2.75) is 12.3 Å². The van der Waals surface area contributed by atoms with Crippen LogP contribution in [-0.2, 0) is 9.84 Å². The molecule has 0 aliphatic carbocycles. The van der Waals surface area contributed by atoms with E-state index in [-0.39, 0.29) is 23.4 Å². The standard InChI is InChI=1S/C6H9N3O3S/c7-6-8-5(12-9-6)4-1-2-13(10,11)3-4/h4H,1-3H2,(H2,7,9). The Bertz CT molecular complexity index is 411. The van der Waals surface area contributed by atoms with Gasteiger partial charge in [-0.05, 0) is 11.6 Å². The number of hydrogen-bond acceptors (Lipinski definition) is 6. The Kier molecular flexibility index (Phi) is 1.76. The first-order chi connectivity index (χ1) is 6.07. The SMILES string of the molecule is Nc1noc(C2CCS(=O)(=O)C2)n1. The molecule has 0 radical (unpaired) electrons. The van der Waals surface area contributed by atoms with Gasteiger partial charge in [-0.15, -0.1) is 0 Å². The van der Waals surface area contributed by atoms with Gasteiger partial charge in [-0.1, -0.05) is 0 Å². The highest BCUT2D eigenvalue weighted by atomic mass is 32.2. The number of aromatic nitrogens is 2. The van der Waals surface area contributed by atoms with Gasteiger partial charge in [0.25, 0.3) is 5.95 Å². The average molecular weight is 203 g/mol. The summed E-state index contributed by atoms with van der Waals surface area (Å²) in [5.41, 5.74) is 5.25. The normalized spacial score (nSPS) is 26.3. The summed E-state index contributed by atoms with van der Waals surface area (Å²) in [7, 11) is -2.90. The Hall–Kier alpha value is -1.11. The number of sulfone groups is 1. The van der Waals surface area contributed by atoms with E-state index in [4.69, 9.17) is 10.3 Å². The van der Waals surface area contributed by atoms with Crippen molar-refractivity contribution in [3.63, 3.8) is 0 Å². The van der Waals surface area contributed by atoms with E-state index in [1.807, 2.05) is 0 Å². The molecule has 13 heavy (non-hydrogen) atoms. The van der Waals surface area contributed by atoms with Crippen LogP contribution in [0.15, 0.2) is 4.52 Å². The Morgan fingerprint density at radius 1 is 1.54 bits per heavy atom. The van der Waals surface area contributed by atoms with Crippen LogP contribution in [0.25, 0.3) is 0 Å². The Labute approximate surface area is 75.0 Å². The quantitative estimate of drug-likeness (QED) is 0.663. The summed E-state index contributed by atoms with van der Waals surface area (Å²) in [4.78, 5) is 3.79. The van der Waals surface area contributed by atoms with Crippen molar-refractivity contribution in [2.24, 2.45) is 0 Å². The molecule has 1 aliphatic heterocycles. The topological polar surface area (TPSA) is 99.1 Å². The van der Waals surface area contributed by atoms with Crippen LogP contribution in [-0.4, -0.2) is 30.1 Å². The molecule has 0 bridgehead atoms. The molecule has 0 saturated carbocycles. The number of nitrogens with zero attached hydrogens (tertiary/aromatic N) is 2. The van der Waals surface area contributed by atoms with E-state index in [1.165, 1.54) is 0 Å². The number of nitrogens with two attached hydrogens (primary N) is 1. The fraction of sp³-hybridized carbons (Fsp3) is 0.667. The zero-order chi connectivity index (χ0) is 9.47. The lowest BCUT2D eigenvalue weighted by Crippen LogP contribution is -2.04. The maximum atomic E-state index is 11.1. The fourth-order valence-electron chi connectivity index (χ4n) is 1.40. The van der Waals surface area contributed by atoms with Crippen LogP contribution in [0.3, 0.4) is 0 Å². The summed E-state index contributed by atoms with van der Waals surface area (Å²) in [5.74, 6) is 0.502. The Morgan fingerprint density at radius 3 is 2.77 bits per heavy atom. The first-order valence-electron chi connectivity index (χ1n) is 3.86. The molecule has 0 aromatic carbocycles. The second-order valence-electron chi connectivity index (χ2n) is 3.09. The van der Waals surface area contributed by atoms with E-state index in [1.54, 1.807) is 0 Å². The van der Waals surface area contributed by atoms with Gasteiger partial charge in [0.15, 0.2) is 9.84 Å². The molecule has 2 N–H and O–H groups in total. The van der Waals surface area contributed by atoms with Gasteiger partial charge in [-0.2, -0.15) is 4.98 Å². The number of nitrogen functional groups attached to an aromatic ring is 1. The van der Waals surface area contributed by atoms with Gasteiger partial charge in [0.2, 0.25) is 5.89 Å². The maximum absolute atomic E-state index is 11.1. The van der Waals surface area contributed by atoms with Crippen LogP contribution in [0.4, 0.5) is 5.95 Å². The minimum Gasteiger partial charge on any atom is -0.365 e. The molecule has 1 saturated heterocycles. The molecule has 1 aromatic heterocycles. The number of anilines is 1. The molecule has 1 aliphatic rings. The monoisotopic (exact) mass is 203 g/mol. The third kappa shape index (κ3) is 1.64. The molecule has 6 nitrogen and oxygen atoms in total. The zero-order valence-electron chi connectivity index (χ0n) is 6.80. The molecule has 2 heterocycles. The third-order valence-electron chi connectivity index (χ3n) is 2.04. The zero-order valence-corrected chi connectivity index (χ0v) is 7.62. The first kappa shape index (κ1) is 8.49. The molecular weight excluding hydrogens is 194 g/mol. The summed E-state index contributed by atoms with van der Waals surface area (Å²) in [6, 6.07) is 0. The van der Waals surface area contributed by atoms with E-state index in [9.17, 15) is 8.42 Å². The van der Waals surface area contributed by atoms with Crippen molar-refractivity contribution < 1.29 is 12.9 Å². The highest BCUT2D eigenvalue weighted by Gasteiger charge is 2.32. The predicted octanol–water partition coefficient (Wildman–Crippen LogP) is -0.446. The van der Waals surface area contributed by atoms with Crippen molar-refractivity contribution in [3.8, 4) is 0 Å². The molecule has 72 valence electrons. The van der Waals surface area contributed by atoms with Crippen LogP contribution in [0, 0.1) is 0 Å².